The molecule has 0 bridgehead atoms. The lowest BCUT2D eigenvalue weighted by atomic mass is 10.4. The fraction of sp³-hybridized carbons (Fsp3) is 0.571. The van der Waals surface area contributed by atoms with Gasteiger partial charge in [-0.05, 0) is 19.9 Å². The Labute approximate surface area is 85.9 Å². The van der Waals surface area contributed by atoms with E-state index < -0.39 is 21.4 Å². The first-order valence-electron chi connectivity index (χ1n) is 3.90. The molecule has 0 amide bonds. The SMILES string of the molecule is C=CC(=NS(=O)(=O)C(F)(F)F)NC(C)C. The molecule has 0 aliphatic heterocycles. The fourth-order valence-electron chi connectivity index (χ4n) is 0.600. The van der Waals surface area contributed by atoms with Gasteiger partial charge >= 0.3 is 15.5 Å². The van der Waals surface area contributed by atoms with E-state index in [2.05, 4.69) is 16.3 Å². The molecule has 0 radical (unpaired) electrons. The van der Waals surface area contributed by atoms with E-state index in [-0.39, 0.29) is 6.04 Å². The predicted octanol–water partition coefficient (Wildman–Crippen LogP) is 1.42. The van der Waals surface area contributed by atoms with Crippen molar-refractivity contribution in [2.75, 3.05) is 0 Å². The van der Waals surface area contributed by atoms with Gasteiger partial charge < -0.3 is 5.32 Å². The van der Waals surface area contributed by atoms with Gasteiger partial charge in [-0.15, -0.1) is 4.40 Å². The van der Waals surface area contributed by atoms with Crippen LogP contribution in [0.2, 0.25) is 0 Å². The number of hydrogen-bond acceptors (Lipinski definition) is 2. The van der Waals surface area contributed by atoms with Gasteiger partial charge in [0.25, 0.3) is 0 Å². The summed E-state index contributed by atoms with van der Waals surface area (Å²) in [5, 5.41) is 2.41. The Kier molecular flexibility index (Phi) is 4.32. The fourth-order valence-corrected chi connectivity index (χ4v) is 1.09. The minimum Gasteiger partial charge on any atom is -0.367 e. The van der Waals surface area contributed by atoms with Gasteiger partial charge in [-0.3, -0.25) is 0 Å². The highest BCUT2D eigenvalue weighted by molar-refractivity contribution is 7.91. The second kappa shape index (κ2) is 4.65. The van der Waals surface area contributed by atoms with Crippen LogP contribution in [-0.4, -0.2) is 25.8 Å². The molecule has 8 heteroatoms. The van der Waals surface area contributed by atoms with E-state index in [1.54, 1.807) is 13.8 Å². The minimum absolute atomic E-state index is 0.245. The van der Waals surface area contributed by atoms with Crippen molar-refractivity contribution in [2.45, 2.75) is 25.4 Å². The number of rotatable bonds is 3. The van der Waals surface area contributed by atoms with Crippen LogP contribution in [0.15, 0.2) is 17.1 Å². The third kappa shape index (κ3) is 4.32. The Balaban J connectivity index is 5.09. The molecule has 0 saturated heterocycles. The molecule has 0 fully saturated rings. The standard InChI is InChI=1S/C7H11F3N2O2S/c1-4-6(11-5(2)3)12-15(13,14)7(8,9)10/h4-5H,1H2,2-3H3,(H,11,12). The van der Waals surface area contributed by atoms with Crippen LogP contribution >= 0.6 is 0 Å². The molecule has 0 aromatic heterocycles. The average Bonchev–Trinajstić information content (AvgIpc) is 1.99. The van der Waals surface area contributed by atoms with Crippen molar-refractivity contribution in [3.05, 3.63) is 12.7 Å². The lowest BCUT2D eigenvalue weighted by Crippen LogP contribution is -2.31. The maximum absolute atomic E-state index is 11.9. The largest absolute Gasteiger partial charge is 0.518 e. The molecule has 0 unspecified atom stereocenters. The van der Waals surface area contributed by atoms with Gasteiger partial charge in [0.15, 0.2) is 0 Å². The summed E-state index contributed by atoms with van der Waals surface area (Å²) in [5.41, 5.74) is -5.39. The molecule has 0 aromatic carbocycles. The van der Waals surface area contributed by atoms with E-state index in [9.17, 15) is 21.6 Å². The van der Waals surface area contributed by atoms with Gasteiger partial charge in [-0.2, -0.15) is 21.6 Å². The van der Waals surface area contributed by atoms with E-state index in [0.29, 0.717) is 0 Å². The van der Waals surface area contributed by atoms with Crippen LogP contribution in [0.4, 0.5) is 13.2 Å². The molecule has 1 N–H and O–H groups in total. The Morgan fingerprint density at radius 1 is 1.47 bits per heavy atom. The maximum atomic E-state index is 11.9. The number of nitrogens with one attached hydrogen (secondary N) is 1. The lowest BCUT2D eigenvalue weighted by molar-refractivity contribution is -0.0435. The van der Waals surface area contributed by atoms with Crippen molar-refractivity contribution in [2.24, 2.45) is 4.40 Å². The van der Waals surface area contributed by atoms with Crippen LogP contribution < -0.4 is 5.32 Å². The molecular weight excluding hydrogens is 233 g/mol. The summed E-state index contributed by atoms with van der Waals surface area (Å²) in [6.07, 6.45) is 0.906. The van der Waals surface area contributed by atoms with Crippen molar-refractivity contribution < 1.29 is 21.6 Å². The van der Waals surface area contributed by atoms with Crippen LogP contribution in [0.1, 0.15) is 13.8 Å². The van der Waals surface area contributed by atoms with Crippen molar-refractivity contribution in [3.8, 4) is 0 Å². The molecular formula is C7H11F3N2O2S. The van der Waals surface area contributed by atoms with E-state index in [4.69, 9.17) is 0 Å². The number of halogens is 3. The summed E-state index contributed by atoms with van der Waals surface area (Å²) < 4.78 is 59.5. The summed E-state index contributed by atoms with van der Waals surface area (Å²) in [4.78, 5) is 0. The van der Waals surface area contributed by atoms with Gasteiger partial charge in [-0.25, -0.2) is 0 Å². The van der Waals surface area contributed by atoms with Crippen molar-refractivity contribution in [1.82, 2.24) is 5.32 Å². The smallest absolute Gasteiger partial charge is 0.367 e. The number of sulfonamides is 1. The molecule has 0 rings (SSSR count). The van der Waals surface area contributed by atoms with Crippen molar-refractivity contribution in [3.63, 3.8) is 0 Å². The first kappa shape index (κ1) is 13.9. The van der Waals surface area contributed by atoms with Crippen LogP contribution in [0.25, 0.3) is 0 Å². The Hall–Kier alpha value is -1.05. The molecule has 0 heterocycles. The second-order valence-electron chi connectivity index (χ2n) is 2.90. The molecule has 0 atom stereocenters. The van der Waals surface area contributed by atoms with Gasteiger partial charge in [0, 0.05) is 6.04 Å². The Morgan fingerprint density at radius 2 is 1.93 bits per heavy atom. The zero-order valence-electron chi connectivity index (χ0n) is 8.17. The first-order valence-corrected chi connectivity index (χ1v) is 5.34. The molecule has 88 valence electrons. The Morgan fingerprint density at radius 3 is 2.20 bits per heavy atom. The molecule has 0 aliphatic rings. The highest BCUT2D eigenvalue weighted by Gasteiger charge is 2.46. The third-order valence-corrected chi connectivity index (χ3v) is 2.16. The highest BCUT2D eigenvalue weighted by Crippen LogP contribution is 2.24. The quantitative estimate of drug-likeness (QED) is 0.603. The van der Waals surface area contributed by atoms with Crippen molar-refractivity contribution in [1.29, 1.82) is 0 Å². The summed E-state index contributed by atoms with van der Waals surface area (Å²) in [6, 6.07) is -0.245. The van der Waals surface area contributed by atoms with Crippen LogP contribution in [0.3, 0.4) is 0 Å². The topological polar surface area (TPSA) is 58.5 Å². The first-order chi connectivity index (χ1) is 6.60. The number of alkyl halides is 3. The van der Waals surface area contributed by atoms with Gasteiger partial charge in [0.05, 0.1) is 0 Å². The lowest BCUT2D eigenvalue weighted by Gasteiger charge is -2.10. The van der Waals surface area contributed by atoms with Crippen molar-refractivity contribution >= 4 is 15.9 Å². The summed E-state index contributed by atoms with van der Waals surface area (Å²) in [7, 11) is -5.50. The maximum Gasteiger partial charge on any atom is 0.518 e. The predicted molar refractivity (Wildman–Crippen MR) is 50.9 cm³/mol. The number of hydrogen-bond donors (Lipinski definition) is 1. The summed E-state index contributed by atoms with van der Waals surface area (Å²) >= 11 is 0. The van der Waals surface area contributed by atoms with Gasteiger partial charge in [-0.1, -0.05) is 6.58 Å². The highest BCUT2D eigenvalue weighted by atomic mass is 32.2. The van der Waals surface area contributed by atoms with Crippen LogP contribution in [0, 0.1) is 0 Å². The third-order valence-electron chi connectivity index (χ3n) is 1.14. The zero-order valence-corrected chi connectivity index (χ0v) is 8.98. The summed E-state index contributed by atoms with van der Waals surface area (Å²) in [6.45, 7) is 6.40. The number of nitrogens with zero attached hydrogens (tertiary/aromatic N) is 1. The van der Waals surface area contributed by atoms with E-state index in [1.807, 2.05) is 0 Å². The zero-order chi connectivity index (χ0) is 12.3. The molecule has 4 nitrogen and oxygen atoms in total. The molecule has 0 aromatic rings. The minimum atomic E-state index is -5.50. The molecule has 15 heavy (non-hydrogen) atoms. The van der Waals surface area contributed by atoms with E-state index in [0.717, 1.165) is 6.08 Å². The average molecular weight is 244 g/mol. The number of amidine groups is 1. The second-order valence-corrected chi connectivity index (χ2v) is 4.50. The normalized spacial score (nSPS) is 14.1. The van der Waals surface area contributed by atoms with E-state index >= 15 is 0 Å². The molecule has 0 saturated carbocycles. The van der Waals surface area contributed by atoms with Gasteiger partial charge in [0.1, 0.15) is 5.84 Å². The molecule has 0 aliphatic carbocycles. The van der Waals surface area contributed by atoms with Crippen LogP contribution in [-0.2, 0) is 10.0 Å². The monoisotopic (exact) mass is 244 g/mol. The van der Waals surface area contributed by atoms with E-state index in [1.165, 1.54) is 0 Å². The summed E-state index contributed by atoms with van der Waals surface area (Å²) in [5.74, 6) is -0.428. The Bertz CT molecular complexity index is 357. The molecule has 0 spiro atoms. The van der Waals surface area contributed by atoms with Gasteiger partial charge in [0.2, 0.25) is 0 Å². The van der Waals surface area contributed by atoms with Crippen LogP contribution in [0.5, 0.6) is 0 Å².